The maximum atomic E-state index is 9.48. The van der Waals surface area contributed by atoms with Gasteiger partial charge in [-0.3, -0.25) is 0 Å². The molecule has 4 nitrogen and oxygen atoms in total. The average molecular weight is 350 g/mol. The summed E-state index contributed by atoms with van der Waals surface area (Å²) in [7, 11) is 0. The minimum absolute atomic E-state index is 0.186. The van der Waals surface area contributed by atoms with Gasteiger partial charge in [0, 0.05) is 0 Å². The number of aliphatic hydroxyl groups excluding tert-OH is 2. The van der Waals surface area contributed by atoms with Crippen LogP contribution in [-0.4, -0.2) is 35.6 Å². The lowest BCUT2D eigenvalue weighted by Gasteiger charge is -2.33. The predicted molar refractivity (Wildman–Crippen MR) is 102 cm³/mol. The lowest BCUT2D eigenvalue weighted by Crippen LogP contribution is -2.48. The topological polar surface area (TPSA) is 75.7 Å². The van der Waals surface area contributed by atoms with Crippen molar-refractivity contribution in [1.82, 2.24) is 0 Å². The molecule has 1 aliphatic rings. The van der Waals surface area contributed by atoms with Crippen LogP contribution in [0, 0.1) is 0 Å². The summed E-state index contributed by atoms with van der Waals surface area (Å²) < 4.78 is 5.93. The first-order valence-corrected chi connectivity index (χ1v) is 9.88. The van der Waals surface area contributed by atoms with Gasteiger partial charge >= 0.3 is 0 Å². The number of rotatable bonds is 11. The van der Waals surface area contributed by atoms with Crippen molar-refractivity contribution in [3.63, 3.8) is 0 Å². The first-order chi connectivity index (χ1) is 12.1. The maximum absolute atomic E-state index is 9.48. The van der Waals surface area contributed by atoms with E-state index >= 15 is 0 Å². The fraction of sp³-hybridized carbons (Fsp3) is 0.714. The highest BCUT2D eigenvalue weighted by Crippen LogP contribution is 2.38. The fourth-order valence-corrected chi connectivity index (χ4v) is 3.76. The van der Waals surface area contributed by atoms with Crippen LogP contribution in [0.3, 0.4) is 0 Å². The van der Waals surface area contributed by atoms with Crippen molar-refractivity contribution in [3.05, 3.63) is 29.3 Å². The molecule has 1 aromatic rings. The second-order valence-corrected chi connectivity index (χ2v) is 7.60. The van der Waals surface area contributed by atoms with E-state index in [0.717, 1.165) is 38.0 Å². The molecule has 0 fully saturated rings. The van der Waals surface area contributed by atoms with Crippen LogP contribution in [0.5, 0.6) is 5.75 Å². The zero-order valence-electron chi connectivity index (χ0n) is 15.7. The molecule has 0 heterocycles. The van der Waals surface area contributed by atoms with Crippen molar-refractivity contribution in [2.45, 2.75) is 76.2 Å². The molecule has 1 atom stereocenters. The van der Waals surface area contributed by atoms with E-state index in [-0.39, 0.29) is 13.2 Å². The van der Waals surface area contributed by atoms with Crippen molar-refractivity contribution in [2.24, 2.45) is 5.73 Å². The summed E-state index contributed by atoms with van der Waals surface area (Å²) in [6.45, 7) is 2.64. The first kappa shape index (κ1) is 20.2. The zero-order chi connectivity index (χ0) is 18.1. The van der Waals surface area contributed by atoms with Gasteiger partial charge in [-0.1, -0.05) is 38.7 Å². The van der Waals surface area contributed by atoms with E-state index in [4.69, 9.17) is 10.5 Å². The highest BCUT2D eigenvalue weighted by atomic mass is 16.5. The Morgan fingerprint density at radius 3 is 2.64 bits per heavy atom. The van der Waals surface area contributed by atoms with Crippen molar-refractivity contribution in [3.8, 4) is 5.75 Å². The van der Waals surface area contributed by atoms with Crippen LogP contribution in [0.25, 0.3) is 0 Å². The van der Waals surface area contributed by atoms with E-state index < -0.39 is 5.54 Å². The number of nitrogens with two attached hydrogens (primary N) is 1. The molecule has 142 valence electrons. The Labute approximate surface area is 152 Å². The number of hydrogen-bond donors (Lipinski definition) is 3. The fourth-order valence-electron chi connectivity index (χ4n) is 3.76. The van der Waals surface area contributed by atoms with Crippen molar-refractivity contribution < 1.29 is 14.9 Å². The van der Waals surface area contributed by atoms with Gasteiger partial charge in [0.25, 0.3) is 0 Å². The molecule has 0 saturated heterocycles. The van der Waals surface area contributed by atoms with Crippen LogP contribution in [0.15, 0.2) is 18.2 Å². The first-order valence-electron chi connectivity index (χ1n) is 9.88. The number of hydrogen-bond acceptors (Lipinski definition) is 4. The lowest BCUT2D eigenvalue weighted by molar-refractivity contribution is 0.107. The van der Waals surface area contributed by atoms with Crippen molar-refractivity contribution in [1.29, 1.82) is 0 Å². The summed E-state index contributed by atoms with van der Waals surface area (Å²) in [4.78, 5) is 0. The van der Waals surface area contributed by atoms with Crippen LogP contribution in [0.4, 0.5) is 0 Å². The average Bonchev–Trinajstić information content (AvgIpc) is 2.64. The standard InChI is InChI=1S/C21H35NO3/c1-2-3-4-5-6-12-25-19-10-11-20-17(13-19)8-7-9-18(20)14-21(22,15-23)16-24/h10-11,13,18,23-24H,2-9,12,14-16,22H2,1H3. The van der Waals surface area contributed by atoms with Gasteiger partial charge < -0.3 is 20.7 Å². The molecule has 0 amide bonds. The van der Waals surface area contributed by atoms with E-state index in [1.807, 2.05) is 0 Å². The van der Waals surface area contributed by atoms with Gasteiger partial charge in [0.05, 0.1) is 25.4 Å². The second-order valence-electron chi connectivity index (χ2n) is 7.60. The lowest BCUT2D eigenvalue weighted by atomic mass is 9.76. The molecular weight excluding hydrogens is 314 g/mol. The monoisotopic (exact) mass is 349 g/mol. The third-order valence-corrected chi connectivity index (χ3v) is 5.35. The highest BCUT2D eigenvalue weighted by molar-refractivity contribution is 5.39. The Morgan fingerprint density at radius 1 is 1.16 bits per heavy atom. The molecule has 0 aromatic heterocycles. The zero-order valence-corrected chi connectivity index (χ0v) is 15.7. The Morgan fingerprint density at radius 2 is 1.92 bits per heavy atom. The Kier molecular flexibility index (Phi) is 8.20. The van der Waals surface area contributed by atoms with Crippen LogP contribution in [0.1, 0.15) is 75.3 Å². The summed E-state index contributed by atoms with van der Waals surface area (Å²) >= 11 is 0. The van der Waals surface area contributed by atoms with Gasteiger partial charge in [0.2, 0.25) is 0 Å². The molecule has 25 heavy (non-hydrogen) atoms. The van der Waals surface area contributed by atoms with Gasteiger partial charge in [-0.2, -0.15) is 0 Å². The number of aliphatic hydroxyl groups is 2. The molecule has 4 N–H and O–H groups in total. The maximum Gasteiger partial charge on any atom is 0.119 e. The molecule has 0 radical (unpaired) electrons. The Hall–Kier alpha value is -1.10. The molecule has 1 aromatic carbocycles. The largest absolute Gasteiger partial charge is 0.494 e. The normalized spacial score (nSPS) is 17.4. The summed E-state index contributed by atoms with van der Waals surface area (Å²) in [5, 5.41) is 19.0. The van der Waals surface area contributed by atoms with Gasteiger partial charge in [-0.15, -0.1) is 0 Å². The summed E-state index contributed by atoms with van der Waals surface area (Å²) in [6.07, 6.45) is 10.1. The molecule has 0 spiro atoms. The molecular formula is C21H35NO3. The van der Waals surface area contributed by atoms with Crippen LogP contribution >= 0.6 is 0 Å². The third kappa shape index (κ3) is 5.98. The quantitative estimate of drug-likeness (QED) is 0.534. The van der Waals surface area contributed by atoms with Gasteiger partial charge in [-0.05, 0) is 61.3 Å². The molecule has 0 aliphatic heterocycles. The molecule has 0 bridgehead atoms. The van der Waals surface area contributed by atoms with Crippen molar-refractivity contribution >= 4 is 0 Å². The third-order valence-electron chi connectivity index (χ3n) is 5.35. The molecule has 1 unspecified atom stereocenters. The smallest absolute Gasteiger partial charge is 0.119 e. The van der Waals surface area contributed by atoms with Crippen LogP contribution < -0.4 is 10.5 Å². The Balaban J connectivity index is 1.92. The molecule has 2 rings (SSSR count). The number of unbranched alkanes of at least 4 members (excludes halogenated alkanes) is 4. The van der Waals surface area contributed by atoms with E-state index in [9.17, 15) is 10.2 Å². The van der Waals surface area contributed by atoms with Gasteiger partial charge in [0.15, 0.2) is 0 Å². The van der Waals surface area contributed by atoms with E-state index in [0.29, 0.717) is 12.3 Å². The number of fused-ring (bicyclic) bond motifs is 1. The minimum atomic E-state index is -0.896. The summed E-state index contributed by atoms with van der Waals surface area (Å²) in [5.74, 6) is 1.26. The molecule has 1 aliphatic carbocycles. The highest BCUT2D eigenvalue weighted by Gasteiger charge is 2.31. The SMILES string of the molecule is CCCCCCCOc1ccc2c(c1)CCCC2CC(N)(CO)CO. The Bertz CT molecular complexity index is 514. The minimum Gasteiger partial charge on any atom is -0.494 e. The van der Waals surface area contributed by atoms with Gasteiger partial charge in [-0.25, -0.2) is 0 Å². The van der Waals surface area contributed by atoms with Crippen LogP contribution in [-0.2, 0) is 6.42 Å². The van der Waals surface area contributed by atoms with E-state index in [2.05, 4.69) is 25.1 Å². The predicted octanol–water partition coefficient (Wildman–Crippen LogP) is 3.53. The number of aryl methyl sites for hydroxylation is 1. The molecule has 4 heteroatoms. The molecule has 0 saturated carbocycles. The van der Waals surface area contributed by atoms with Crippen molar-refractivity contribution in [2.75, 3.05) is 19.8 Å². The number of benzene rings is 1. The van der Waals surface area contributed by atoms with Crippen LogP contribution in [0.2, 0.25) is 0 Å². The van der Waals surface area contributed by atoms with E-state index in [1.54, 1.807) is 0 Å². The second kappa shape index (κ2) is 10.1. The summed E-state index contributed by atoms with van der Waals surface area (Å²) in [6, 6.07) is 6.38. The summed E-state index contributed by atoms with van der Waals surface area (Å²) in [5.41, 5.74) is 7.84. The van der Waals surface area contributed by atoms with E-state index in [1.165, 1.54) is 36.8 Å². The van der Waals surface area contributed by atoms with Gasteiger partial charge in [0.1, 0.15) is 5.75 Å². The number of ether oxygens (including phenoxy) is 1.